The Morgan fingerprint density at radius 3 is 2.22 bits per heavy atom. The molecule has 5 heteroatoms. The van der Waals surface area contributed by atoms with Crippen molar-refractivity contribution in [2.45, 2.75) is 88.6 Å². The molecule has 1 unspecified atom stereocenters. The highest BCUT2D eigenvalue weighted by atomic mass is 32.2. The van der Waals surface area contributed by atoms with E-state index in [1.807, 2.05) is 6.92 Å². The highest BCUT2D eigenvalue weighted by Gasteiger charge is 2.54. The van der Waals surface area contributed by atoms with Crippen LogP contribution < -0.4 is 0 Å². The van der Waals surface area contributed by atoms with Gasteiger partial charge in [-0.1, -0.05) is 40.0 Å². The molecule has 0 bridgehead atoms. The highest BCUT2D eigenvalue weighted by Crippen LogP contribution is 2.44. The van der Waals surface area contributed by atoms with Crippen LogP contribution in [0.25, 0.3) is 0 Å². The van der Waals surface area contributed by atoms with Crippen molar-refractivity contribution in [3.05, 3.63) is 0 Å². The van der Waals surface area contributed by atoms with E-state index in [4.69, 9.17) is 14.2 Å². The summed E-state index contributed by atoms with van der Waals surface area (Å²) in [7, 11) is 0. The molecule has 1 aliphatic rings. The first-order chi connectivity index (χ1) is 11.1. The second-order valence-electron chi connectivity index (χ2n) is 6.49. The van der Waals surface area contributed by atoms with Gasteiger partial charge >= 0.3 is 0 Å². The SMILES string of the molecule is CCCCOC[C@@H]1SC(O)[C@](C)(OCCCC)[C@@H]1OCCCC. The van der Waals surface area contributed by atoms with Gasteiger partial charge in [0.15, 0.2) is 0 Å². The monoisotopic (exact) mass is 348 g/mol. The number of hydrogen-bond acceptors (Lipinski definition) is 5. The maximum absolute atomic E-state index is 10.6. The van der Waals surface area contributed by atoms with Crippen molar-refractivity contribution in [2.75, 3.05) is 26.4 Å². The minimum Gasteiger partial charge on any atom is -0.380 e. The van der Waals surface area contributed by atoms with Crippen LogP contribution in [0.5, 0.6) is 0 Å². The summed E-state index contributed by atoms with van der Waals surface area (Å²) in [5, 5.41) is 10.7. The third-order valence-corrected chi connectivity index (χ3v) is 5.79. The quantitative estimate of drug-likeness (QED) is 0.510. The van der Waals surface area contributed by atoms with Gasteiger partial charge in [-0.15, -0.1) is 11.8 Å². The lowest BCUT2D eigenvalue weighted by Gasteiger charge is -2.35. The number of rotatable bonds is 13. The summed E-state index contributed by atoms with van der Waals surface area (Å²) < 4.78 is 18.0. The zero-order valence-electron chi connectivity index (χ0n) is 15.4. The zero-order valence-corrected chi connectivity index (χ0v) is 16.2. The molecular weight excluding hydrogens is 312 g/mol. The van der Waals surface area contributed by atoms with Gasteiger partial charge in [0, 0.05) is 19.8 Å². The first-order valence-corrected chi connectivity index (χ1v) is 10.2. The van der Waals surface area contributed by atoms with E-state index in [0.717, 1.165) is 45.1 Å². The van der Waals surface area contributed by atoms with Crippen molar-refractivity contribution < 1.29 is 19.3 Å². The van der Waals surface area contributed by atoms with Crippen LogP contribution in [0.15, 0.2) is 0 Å². The molecule has 1 saturated heterocycles. The molecular formula is C18H36O4S. The molecule has 0 saturated carbocycles. The van der Waals surface area contributed by atoms with E-state index >= 15 is 0 Å². The third kappa shape index (κ3) is 6.54. The molecule has 1 fully saturated rings. The van der Waals surface area contributed by atoms with Gasteiger partial charge in [-0.05, 0) is 26.2 Å². The van der Waals surface area contributed by atoms with Crippen molar-refractivity contribution >= 4 is 11.8 Å². The van der Waals surface area contributed by atoms with E-state index in [2.05, 4.69) is 20.8 Å². The Kier molecular flexibility index (Phi) is 10.8. The van der Waals surface area contributed by atoms with Gasteiger partial charge in [0.2, 0.25) is 0 Å². The van der Waals surface area contributed by atoms with Crippen LogP contribution in [0.4, 0.5) is 0 Å². The number of hydrogen-bond donors (Lipinski definition) is 1. The Labute approximate surface area is 146 Å². The number of unbranched alkanes of at least 4 members (excludes halogenated alkanes) is 3. The van der Waals surface area contributed by atoms with E-state index in [-0.39, 0.29) is 11.4 Å². The molecule has 23 heavy (non-hydrogen) atoms. The van der Waals surface area contributed by atoms with Gasteiger partial charge in [0.1, 0.15) is 17.1 Å². The van der Waals surface area contributed by atoms with Crippen molar-refractivity contribution in [1.82, 2.24) is 0 Å². The van der Waals surface area contributed by atoms with Gasteiger partial charge < -0.3 is 19.3 Å². The van der Waals surface area contributed by atoms with Crippen molar-refractivity contribution in [3.63, 3.8) is 0 Å². The largest absolute Gasteiger partial charge is 0.380 e. The van der Waals surface area contributed by atoms with E-state index in [9.17, 15) is 5.11 Å². The van der Waals surface area contributed by atoms with Gasteiger partial charge in [-0.3, -0.25) is 0 Å². The lowest BCUT2D eigenvalue weighted by Crippen LogP contribution is -2.50. The molecule has 0 spiro atoms. The Hall–Kier alpha value is 0.190. The maximum Gasteiger partial charge on any atom is 0.131 e. The van der Waals surface area contributed by atoms with Gasteiger partial charge in [0.05, 0.1) is 11.9 Å². The molecule has 1 rings (SSSR count). The van der Waals surface area contributed by atoms with Gasteiger partial charge in [-0.25, -0.2) is 0 Å². The van der Waals surface area contributed by atoms with Crippen LogP contribution in [-0.2, 0) is 14.2 Å². The van der Waals surface area contributed by atoms with E-state index in [1.54, 1.807) is 0 Å². The lowest BCUT2D eigenvalue weighted by atomic mass is 9.97. The Morgan fingerprint density at radius 2 is 1.57 bits per heavy atom. The topological polar surface area (TPSA) is 47.9 Å². The molecule has 138 valence electrons. The van der Waals surface area contributed by atoms with Crippen LogP contribution in [0, 0.1) is 0 Å². The summed E-state index contributed by atoms with van der Waals surface area (Å²) in [4.78, 5) is 0. The first kappa shape index (κ1) is 21.2. The smallest absolute Gasteiger partial charge is 0.131 e. The zero-order chi connectivity index (χ0) is 17.1. The fourth-order valence-electron chi connectivity index (χ4n) is 2.67. The molecule has 4 atom stereocenters. The molecule has 0 aromatic heterocycles. The summed E-state index contributed by atoms with van der Waals surface area (Å²) >= 11 is 1.54. The summed E-state index contributed by atoms with van der Waals surface area (Å²) in [6.45, 7) is 11.2. The van der Waals surface area contributed by atoms with Crippen LogP contribution in [0.2, 0.25) is 0 Å². The minimum absolute atomic E-state index is 0.118. The second kappa shape index (κ2) is 11.7. The minimum atomic E-state index is -0.646. The molecule has 1 heterocycles. The molecule has 1 N–H and O–H groups in total. The van der Waals surface area contributed by atoms with Crippen molar-refractivity contribution in [1.29, 1.82) is 0 Å². The third-order valence-electron chi connectivity index (χ3n) is 4.33. The maximum atomic E-state index is 10.6. The number of ether oxygens (including phenoxy) is 3. The fraction of sp³-hybridized carbons (Fsp3) is 1.00. The first-order valence-electron chi connectivity index (χ1n) is 9.26. The van der Waals surface area contributed by atoms with Gasteiger partial charge in [0.25, 0.3) is 0 Å². The Balaban J connectivity index is 2.64. The second-order valence-corrected chi connectivity index (χ2v) is 7.81. The normalized spacial score (nSPS) is 30.9. The van der Waals surface area contributed by atoms with Gasteiger partial charge in [-0.2, -0.15) is 0 Å². The standard InChI is InChI=1S/C18H36O4S/c1-5-8-11-20-14-15-16(21-12-9-6-2)18(4,17(19)23-15)22-13-10-7-3/h15-17,19H,5-14H2,1-4H3/t15-,16+,17?,18+/m0/s1. The Morgan fingerprint density at radius 1 is 0.957 bits per heavy atom. The predicted octanol–water partition coefficient (Wildman–Crippen LogP) is 4.00. The molecule has 4 nitrogen and oxygen atoms in total. The summed E-state index contributed by atoms with van der Waals surface area (Å²) in [5.41, 5.74) is -1.21. The average molecular weight is 349 g/mol. The molecule has 0 radical (unpaired) electrons. The number of aliphatic hydroxyl groups is 1. The fourth-order valence-corrected chi connectivity index (χ4v) is 4.14. The molecule has 1 aliphatic heterocycles. The Bertz CT molecular complexity index is 303. The average Bonchev–Trinajstić information content (AvgIpc) is 2.77. The van der Waals surface area contributed by atoms with Crippen molar-refractivity contribution in [3.8, 4) is 0 Å². The highest BCUT2D eigenvalue weighted by molar-refractivity contribution is 8.00. The summed E-state index contributed by atoms with van der Waals surface area (Å²) in [6, 6.07) is 0. The number of aliphatic hydroxyl groups excluding tert-OH is 1. The lowest BCUT2D eigenvalue weighted by molar-refractivity contribution is -0.160. The molecule has 0 aromatic rings. The summed E-state index contributed by atoms with van der Waals surface area (Å²) in [6.07, 6.45) is 6.32. The number of thioether (sulfide) groups is 1. The molecule has 0 aliphatic carbocycles. The van der Waals surface area contributed by atoms with E-state index in [0.29, 0.717) is 19.8 Å². The molecule has 0 aromatic carbocycles. The van der Waals surface area contributed by atoms with E-state index < -0.39 is 11.0 Å². The predicted molar refractivity (Wildman–Crippen MR) is 97.0 cm³/mol. The molecule has 0 amide bonds. The van der Waals surface area contributed by atoms with E-state index in [1.165, 1.54) is 11.8 Å². The van der Waals surface area contributed by atoms with Crippen LogP contribution >= 0.6 is 11.8 Å². The van der Waals surface area contributed by atoms with Crippen LogP contribution in [0.3, 0.4) is 0 Å². The van der Waals surface area contributed by atoms with Crippen molar-refractivity contribution in [2.24, 2.45) is 0 Å². The van der Waals surface area contributed by atoms with Crippen LogP contribution in [-0.4, -0.2) is 53.9 Å². The van der Waals surface area contributed by atoms with Crippen LogP contribution in [0.1, 0.15) is 66.2 Å². The summed E-state index contributed by atoms with van der Waals surface area (Å²) in [5.74, 6) is 0.